The molecule has 0 aliphatic heterocycles. The molecule has 0 aromatic heterocycles. The lowest BCUT2D eigenvalue weighted by Crippen LogP contribution is -2.44. The molecule has 2 N–H and O–H groups in total. The Balaban J connectivity index is 1.77. The van der Waals surface area contributed by atoms with Crippen LogP contribution in [0.1, 0.15) is 18.4 Å². The van der Waals surface area contributed by atoms with Gasteiger partial charge in [0.1, 0.15) is 5.82 Å². The highest BCUT2D eigenvalue weighted by atomic mass is 19.1. The Labute approximate surface area is 110 Å². The fraction of sp³-hybridized carbons (Fsp3) is 0.429. The van der Waals surface area contributed by atoms with Gasteiger partial charge in [0.2, 0.25) is 5.91 Å². The highest BCUT2D eigenvalue weighted by Gasteiger charge is 2.41. The predicted molar refractivity (Wildman–Crippen MR) is 67.0 cm³/mol. The number of carboxylic acids is 1. The Hall–Kier alpha value is -1.91. The molecule has 4 nitrogen and oxygen atoms in total. The third-order valence-electron chi connectivity index (χ3n) is 3.53. The van der Waals surface area contributed by atoms with Crippen LogP contribution < -0.4 is 5.32 Å². The number of aliphatic carboxylic acids is 1. The third kappa shape index (κ3) is 3.30. The number of benzene rings is 1. The fourth-order valence-corrected chi connectivity index (χ4v) is 2.26. The van der Waals surface area contributed by atoms with Crippen molar-refractivity contribution in [3.05, 3.63) is 35.6 Å². The number of halogens is 1. The van der Waals surface area contributed by atoms with Crippen LogP contribution in [0.4, 0.5) is 4.39 Å². The van der Waals surface area contributed by atoms with Crippen molar-refractivity contribution in [2.24, 2.45) is 11.8 Å². The minimum Gasteiger partial charge on any atom is -0.481 e. The number of carbonyl (C=O) groups excluding carboxylic acids is 1. The molecule has 2 rings (SSSR count). The van der Waals surface area contributed by atoms with Crippen LogP contribution in [0, 0.1) is 17.7 Å². The third-order valence-corrected chi connectivity index (χ3v) is 3.53. The zero-order valence-corrected chi connectivity index (χ0v) is 10.4. The first-order valence-electron chi connectivity index (χ1n) is 6.33. The van der Waals surface area contributed by atoms with E-state index in [1.54, 1.807) is 12.1 Å². The second-order valence-corrected chi connectivity index (χ2v) is 4.80. The van der Waals surface area contributed by atoms with Crippen LogP contribution >= 0.6 is 0 Å². The van der Waals surface area contributed by atoms with Crippen molar-refractivity contribution in [3.63, 3.8) is 0 Å². The molecule has 1 amide bonds. The summed E-state index contributed by atoms with van der Waals surface area (Å²) < 4.78 is 12.9. The van der Waals surface area contributed by atoms with E-state index in [-0.39, 0.29) is 11.7 Å². The minimum absolute atomic E-state index is 0.213. The second kappa shape index (κ2) is 5.82. The second-order valence-electron chi connectivity index (χ2n) is 4.80. The molecular formula is C14H16FNO3. The summed E-state index contributed by atoms with van der Waals surface area (Å²) in [5.41, 5.74) is 0.809. The molecule has 5 heteroatoms. The summed E-state index contributed by atoms with van der Waals surface area (Å²) in [5.74, 6) is -2.38. The molecule has 1 aliphatic carbocycles. The molecule has 102 valence electrons. The van der Waals surface area contributed by atoms with Crippen LogP contribution in [-0.4, -0.2) is 23.5 Å². The van der Waals surface area contributed by atoms with Crippen molar-refractivity contribution in [3.8, 4) is 0 Å². The molecule has 0 radical (unpaired) electrons. The van der Waals surface area contributed by atoms with Crippen LogP contribution in [0.25, 0.3) is 0 Å². The minimum atomic E-state index is -0.906. The summed E-state index contributed by atoms with van der Waals surface area (Å²) in [6.07, 6.45) is 1.73. The fourth-order valence-electron chi connectivity index (χ4n) is 2.26. The van der Waals surface area contributed by atoms with Crippen LogP contribution in [0.5, 0.6) is 0 Å². The first-order valence-corrected chi connectivity index (χ1v) is 6.33. The summed E-state index contributed by atoms with van der Waals surface area (Å²) >= 11 is 0. The number of nitrogens with one attached hydrogen (secondary N) is 1. The van der Waals surface area contributed by atoms with Gasteiger partial charge in [-0.1, -0.05) is 12.1 Å². The predicted octanol–water partition coefficient (Wildman–Crippen LogP) is 1.60. The summed E-state index contributed by atoms with van der Waals surface area (Å²) in [5, 5.41) is 11.6. The van der Waals surface area contributed by atoms with Gasteiger partial charge < -0.3 is 10.4 Å². The molecule has 1 fully saturated rings. The van der Waals surface area contributed by atoms with E-state index in [0.29, 0.717) is 25.8 Å². The lowest BCUT2D eigenvalue weighted by atomic mass is 9.73. The largest absolute Gasteiger partial charge is 0.481 e. The first kappa shape index (κ1) is 13.5. The monoisotopic (exact) mass is 265 g/mol. The van der Waals surface area contributed by atoms with Crippen molar-refractivity contribution in [1.29, 1.82) is 0 Å². The Kier molecular flexibility index (Phi) is 4.14. The van der Waals surface area contributed by atoms with Gasteiger partial charge in [0, 0.05) is 6.54 Å². The Morgan fingerprint density at radius 2 is 2.05 bits per heavy atom. The van der Waals surface area contributed by atoms with Crippen molar-refractivity contribution in [2.75, 3.05) is 6.54 Å². The topological polar surface area (TPSA) is 66.4 Å². The summed E-state index contributed by atoms with van der Waals surface area (Å²) in [6.45, 7) is 0.394. The highest BCUT2D eigenvalue weighted by Crippen LogP contribution is 2.34. The van der Waals surface area contributed by atoms with Gasteiger partial charge in [0.15, 0.2) is 0 Å². The molecule has 0 heterocycles. The van der Waals surface area contributed by atoms with E-state index < -0.39 is 17.8 Å². The Morgan fingerprint density at radius 3 is 2.63 bits per heavy atom. The maximum absolute atomic E-state index is 12.9. The van der Waals surface area contributed by atoms with Crippen LogP contribution in [0.2, 0.25) is 0 Å². The van der Waals surface area contributed by atoms with Gasteiger partial charge in [0.25, 0.3) is 0 Å². The van der Waals surface area contributed by atoms with Crippen molar-refractivity contribution >= 4 is 11.9 Å². The van der Waals surface area contributed by atoms with E-state index in [0.717, 1.165) is 5.56 Å². The highest BCUT2D eigenvalue weighted by molar-refractivity contribution is 5.86. The maximum atomic E-state index is 12.9. The van der Waals surface area contributed by atoms with Crippen molar-refractivity contribution in [2.45, 2.75) is 19.3 Å². The molecule has 2 atom stereocenters. The van der Waals surface area contributed by atoms with Crippen LogP contribution in [0.15, 0.2) is 24.3 Å². The molecule has 1 saturated carbocycles. The molecule has 1 aliphatic rings. The number of rotatable bonds is 5. The van der Waals surface area contributed by atoms with Gasteiger partial charge in [-0.25, -0.2) is 4.39 Å². The standard InChI is InChI=1S/C14H16FNO3/c15-10-3-1-2-9(8-10)6-7-16-13(17)11-4-5-12(11)14(18)19/h1-3,8,11-12H,4-7H2,(H,16,17)(H,18,19). The lowest BCUT2D eigenvalue weighted by molar-refractivity contribution is -0.152. The molecular weight excluding hydrogens is 249 g/mol. The molecule has 0 spiro atoms. The zero-order chi connectivity index (χ0) is 13.8. The molecule has 2 unspecified atom stereocenters. The molecule has 0 bridgehead atoms. The Morgan fingerprint density at radius 1 is 1.32 bits per heavy atom. The van der Waals surface area contributed by atoms with E-state index in [4.69, 9.17) is 5.11 Å². The molecule has 19 heavy (non-hydrogen) atoms. The van der Waals surface area contributed by atoms with E-state index >= 15 is 0 Å². The summed E-state index contributed by atoms with van der Waals surface area (Å²) in [4.78, 5) is 22.6. The maximum Gasteiger partial charge on any atom is 0.307 e. The van der Waals surface area contributed by atoms with Gasteiger partial charge >= 0.3 is 5.97 Å². The quantitative estimate of drug-likeness (QED) is 0.849. The van der Waals surface area contributed by atoms with E-state index in [1.165, 1.54) is 12.1 Å². The number of amides is 1. The van der Waals surface area contributed by atoms with Crippen LogP contribution in [0.3, 0.4) is 0 Å². The van der Waals surface area contributed by atoms with Crippen LogP contribution in [-0.2, 0) is 16.0 Å². The van der Waals surface area contributed by atoms with E-state index in [2.05, 4.69) is 5.32 Å². The number of hydrogen-bond donors (Lipinski definition) is 2. The van der Waals surface area contributed by atoms with Gasteiger partial charge in [0.05, 0.1) is 11.8 Å². The summed E-state index contributed by atoms with van der Waals surface area (Å²) in [7, 11) is 0. The zero-order valence-electron chi connectivity index (χ0n) is 10.4. The van der Waals surface area contributed by atoms with Crippen molar-refractivity contribution in [1.82, 2.24) is 5.32 Å². The smallest absolute Gasteiger partial charge is 0.307 e. The normalized spacial score (nSPS) is 21.5. The molecule has 1 aromatic rings. The molecule has 1 aromatic carbocycles. The summed E-state index contributed by atoms with van der Waals surface area (Å²) in [6, 6.07) is 6.21. The lowest BCUT2D eigenvalue weighted by Gasteiger charge is -2.31. The van der Waals surface area contributed by atoms with Gasteiger partial charge in [-0.2, -0.15) is 0 Å². The van der Waals surface area contributed by atoms with Crippen molar-refractivity contribution < 1.29 is 19.1 Å². The average molecular weight is 265 g/mol. The van der Waals surface area contributed by atoms with Gasteiger partial charge in [-0.3, -0.25) is 9.59 Å². The van der Waals surface area contributed by atoms with E-state index in [9.17, 15) is 14.0 Å². The van der Waals surface area contributed by atoms with Gasteiger partial charge in [-0.15, -0.1) is 0 Å². The Bertz CT molecular complexity index is 489. The number of carboxylic acid groups (broad SMARTS) is 1. The number of carbonyl (C=O) groups is 2. The average Bonchev–Trinajstić information content (AvgIpc) is 2.26. The first-order chi connectivity index (χ1) is 9.08. The number of hydrogen-bond acceptors (Lipinski definition) is 2. The van der Waals surface area contributed by atoms with Gasteiger partial charge in [-0.05, 0) is 37.0 Å². The SMILES string of the molecule is O=C(O)C1CCC1C(=O)NCCc1cccc(F)c1. The van der Waals surface area contributed by atoms with E-state index in [1.807, 2.05) is 0 Å². The molecule has 0 saturated heterocycles.